The maximum Gasteiger partial charge on any atom is 0.409 e. The summed E-state index contributed by atoms with van der Waals surface area (Å²) in [5.41, 5.74) is 2.63. The summed E-state index contributed by atoms with van der Waals surface area (Å²) in [4.78, 5) is 17.5. The molecule has 8 nitrogen and oxygen atoms in total. The zero-order valence-corrected chi connectivity index (χ0v) is 17.9. The number of amides is 1. The molecule has 32 heavy (non-hydrogen) atoms. The van der Waals surface area contributed by atoms with Crippen LogP contribution in [-0.2, 0) is 11.3 Å². The summed E-state index contributed by atoms with van der Waals surface area (Å²) in [5, 5.41) is 13.9. The second-order valence-corrected chi connectivity index (χ2v) is 8.35. The van der Waals surface area contributed by atoms with Crippen molar-refractivity contribution in [3.63, 3.8) is 0 Å². The normalized spacial score (nSPS) is 22.1. The third kappa shape index (κ3) is 3.87. The van der Waals surface area contributed by atoms with Crippen molar-refractivity contribution >= 4 is 6.09 Å². The van der Waals surface area contributed by atoms with Crippen LogP contribution in [0.3, 0.4) is 0 Å². The molecule has 0 radical (unpaired) electrons. The maximum atomic E-state index is 11.6. The Morgan fingerprint density at radius 1 is 1.31 bits per heavy atom. The highest BCUT2D eigenvalue weighted by Crippen LogP contribution is 2.51. The SMILES string of the molecule is COC(=O)N1C[C@@H]2[C@@H](C#Cc3ccc(-c4cc(Cn5ccnc5[C@H](C)O)no4)cc3)[C@@H]2C1. The topological polar surface area (TPSA) is 93.6 Å². The zero-order valence-electron chi connectivity index (χ0n) is 17.9. The summed E-state index contributed by atoms with van der Waals surface area (Å²) >= 11 is 0. The fourth-order valence-corrected chi connectivity index (χ4v) is 4.42. The number of imidazole rings is 1. The molecule has 1 amide bonds. The zero-order chi connectivity index (χ0) is 22.2. The van der Waals surface area contributed by atoms with E-state index in [0.29, 0.717) is 35.9 Å². The summed E-state index contributed by atoms with van der Waals surface area (Å²) in [6, 6.07) is 9.79. The van der Waals surface area contributed by atoms with Crippen LogP contribution < -0.4 is 0 Å². The first-order valence-electron chi connectivity index (χ1n) is 10.6. The van der Waals surface area contributed by atoms with Gasteiger partial charge in [0.25, 0.3) is 0 Å². The average molecular weight is 432 g/mol. The summed E-state index contributed by atoms with van der Waals surface area (Å²) in [6.45, 7) is 3.64. The number of carbonyl (C=O) groups excluding carboxylic acids is 1. The van der Waals surface area contributed by atoms with Crippen LogP contribution in [0, 0.1) is 29.6 Å². The number of nitrogens with zero attached hydrogens (tertiary/aromatic N) is 4. The molecule has 1 aromatic carbocycles. The fraction of sp³-hybridized carbons (Fsp3) is 0.375. The van der Waals surface area contributed by atoms with Crippen molar-refractivity contribution in [1.29, 1.82) is 0 Å². The van der Waals surface area contributed by atoms with Crippen LogP contribution in [0.1, 0.15) is 30.1 Å². The van der Waals surface area contributed by atoms with Gasteiger partial charge in [-0.15, -0.1) is 0 Å². The van der Waals surface area contributed by atoms with Crippen molar-refractivity contribution in [1.82, 2.24) is 19.6 Å². The van der Waals surface area contributed by atoms with E-state index in [9.17, 15) is 9.90 Å². The van der Waals surface area contributed by atoms with Crippen LogP contribution in [0.5, 0.6) is 0 Å². The predicted octanol–water partition coefficient (Wildman–Crippen LogP) is 2.94. The van der Waals surface area contributed by atoms with Gasteiger partial charge < -0.3 is 23.8 Å². The number of carbonyl (C=O) groups is 1. The quantitative estimate of drug-likeness (QED) is 0.637. The number of hydrogen-bond donors (Lipinski definition) is 1. The molecule has 1 aliphatic carbocycles. The number of aliphatic hydroxyl groups excluding tert-OH is 1. The first-order chi connectivity index (χ1) is 15.5. The molecular weight excluding hydrogens is 408 g/mol. The highest BCUT2D eigenvalue weighted by atomic mass is 16.5. The molecular formula is C24H24N4O4. The van der Waals surface area contributed by atoms with E-state index in [2.05, 4.69) is 22.0 Å². The number of methoxy groups -OCH3 is 1. The molecule has 164 valence electrons. The molecule has 3 aromatic rings. The smallest absolute Gasteiger partial charge is 0.409 e. The number of benzene rings is 1. The molecule has 5 rings (SSSR count). The minimum absolute atomic E-state index is 0.247. The Bertz CT molecular complexity index is 1170. The molecule has 1 saturated heterocycles. The molecule has 1 N–H and O–H groups in total. The lowest BCUT2D eigenvalue weighted by Gasteiger charge is -2.16. The molecule has 2 aromatic heterocycles. The Hall–Kier alpha value is -3.57. The van der Waals surface area contributed by atoms with Crippen molar-refractivity contribution in [2.45, 2.75) is 19.6 Å². The van der Waals surface area contributed by atoms with Gasteiger partial charge in [-0.1, -0.05) is 17.0 Å². The van der Waals surface area contributed by atoms with Crippen molar-refractivity contribution in [2.75, 3.05) is 20.2 Å². The summed E-state index contributed by atoms with van der Waals surface area (Å²) in [6.07, 6.45) is 2.58. The van der Waals surface area contributed by atoms with E-state index in [1.807, 2.05) is 41.1 Å². The van der Waals surface area contributed by atoms with Crippen molar-refractivity contribution in [2.24, 2.45) is 17.8 Å². The lowest BCUT2D eigenvalue weighted by Crippen LogP contribution is -2.31. The lowest BCUT2D eigenvalue weighted by atomic mass is 10.1. The largest absolute Gasteiger partial charge is 0.453 e. The second-order valence-electron chi connectivity index (χ2n) is 8.35. The average Bonchev–Trinajstić information content (AvgIpc) is 3.29. The summed E-state index contributed by atoms with van der Waals surface area (Å²) < 4.78 is 12.1. The molecule has 2 fully saturated rings. The van der Waals surface area contributed by atoms with Gasteiger partial charge in [-0.3, -0.25) is 0 Å². The molecule has 0 bridgehead atoms. The predicted molar refractivity (Wildman–Crippen MR) is 115 cm³/mol. The van der Waals surface area contributed by atoms with Gasteiger partial charge >= 0.3 is 6.09 Å². The van der Waals surface area contributed by atoms with E-state index in [1.165, 1.54) is 7.11 Å². The number of piperidine rings is 1. The Balaban J connectivity index is 1.20. The number of aliphatic hydroxyl groups is 1. The first kappa shape index (κ1) is 20.3. The molecule has 8 heteroatoms. The molecule has 0 unspecified atom stereocenters. The van der Waals surface area contributed by atoms with Crippen LogP contribution in [0.4, 0.5) is 4.79 Å². The number of likely N-dealkylation sites (tertiary alicyclic amines) is 1. The van der Waals surface area contributed by atoms with E-state index in [1.54, 1.807) is 18.0 Å². The van der Waals surface area contributed by atoms with Crippen LogP contribution in [-0.4, -0.2) is 51.0 Å². The van der Waals surface area contributed by atoms with Gasteiger partial charge in [0.1, 0.15) is 17.6 Å². The van der Waals surface area contributed by atoms with Gasteiger partial charge in [-0.2, -0.15) is 0 Å². The van der Waals surface area contributed by atoms with Crippen LogP contribution in [0.15, 0.2) is 47.2 Å². The van der Waals surface area contributed by atoms with Crippen LogP contribution in [0.25, 0.3) is 11.3 Å². The molecule has 2 aliphatic rings. The first-order valence-corrected chi connectivity index (χ1v) is 10.6. The van der Waals surface area contributed by atoms with Crippen molar-refractivity contribution in [3.8, 4) is 23.2 Å². The lowest BCUT2D eigenvalue weighted by molar-refractivity contribution is 0.127. The monoisotopic (exact) mass is 432 g/mol. The van der Waals surface area contributed by atoms with Crippen molar-refractivity contribution in [3.05, 3.63) is 59.8 Å². The summed E-state index contributed by atoms with van der Waals surface area (Å²) in [5.74, 6) is 9.20. The van der Waals surface area contributed by atoms with E-state index in [0.717, 1.165) is 29.9 Å². The summed E-state index contributed by atoms with van der Waals surface area (Å²) in [7, 11) is 1.42. The Kier molecular flexibility index (Phi) is 5.19. The standard InChI is InChI=1S/C24H24N4O4/c1-15(29)23-25-9-10-27(23)12-18-11-22(32-26-18)17-6-3-16(4-7-17)5-8-19-20-13-28(14-21(19)20)24(30)31-2/h3-4,6-7,9-11,15,19-21,29H,12-14H2,1-2H3/t15-,19-,20-,21+/m0/s1. The molecule has 4 atom stereocenters. The maximum absolute atomic E-state index is 11.6. The third-order valence-electron chi connectivity index (χ3n) is 6.19. The van der Waals surface area contributed by atoms with Gasteiger partial charge in [-0.25, -0.2) is 9.78 Å². The second kappa shape index (κ2) is 8.17. The number of rotatable bonds is 4. The fourth-order valence-electron chi connectivity index (χ4n) is 4.42. The van der Waals surface area contributed by atoms with Crippen molar-refractivity contribution < 1.29 is 19.2 Å². The Labute approximate surface area is 185 Å². The number of ether oxygens (including phenoxy) is 1. The number of hydrogen-bond acceptors (Lipinski definition) is 6. The minimum Gasteiger partial charge on any atom is -0.453 e. The van der Waals surface area contributed by atoms with Gasteiger partial charge in [-0.05, 0) is 43.0 Å². The Morgan fingerprint density at radius 2 is 2.06 bits per heavy atom. The molecule has 0 spiro atoms. The van der Waals surface area contributed by atoms with Gasteiger partial charge in [0, 0.05) is 48.6 Å². The highest BCUT2D eigenvalue weighted by molar-refractivity contribution is 5.68. The molecule has 1 aliphatic heterocycles. The van der Waals surface area contributed by atoms with Gasteiger partial charge in [0.2, 0.25) is 0 Å². The molecule has 1 saturated carbocycles. The van der Waals surface area contributed by atoms with Crippen LogP contribution >= 0.6 is 0 Å². The van der Waals surface area contributed by atoms with Gasteiger partial charge in [0.15, 0.2) is 5.76 Å². The number of fused-ring (bicyclic) bond motifs is 1. The Morgan fingerprint density at radius 3 is 2.75 bits per heavy atom. The van der Waals surface area contributed by atoms with E-state index in [4.69, 9.17) is 9.26 Å². The van der Waals surface area contributed by atoms with Gasteiger partial charge in [0.05, 0.1) is 13.7 Å². The highest BCUT2D eigenvalue weighted by Gasteiger charge is 2.56. The third-order valence-corrected chi connectivity index (χ3v) is 6.19. The van der Waals surface area contributed by atoms with E-state index >= 15 is 0 Å². The molecule has 3 heterocycles. The van der Waals surface area contributed by atoms with E-state index < -0.39 is 6.10 Å². The van der Waals surface area contributed by atoms with Crippen LogP contribution in [0.2, 0.25) is 0 Å². The minimum atomic E-state index is -0.646. The number of aromatic nitrogens is 3. The van der Waals surface area contributed by atoms with E-state index in [-0.39, 0.29) is 6.09 Å².